The largest absolute Gasteiger partial charge is 0.456 e. The molecule has 1 aliphatic carbocycles. The summed E-state index contributed by atoms with van der Waals surface area (Å²) in [5.41, 5.74) is 15.6. The summed E-state index contributed by atoms with van der Waals surface area (Å²) in [6, 6.07) is 52.4. The van der Waals surface area contributed by atoms with E-state index in [1.54, 1.807) is 0 Å². The molecule has 52 heavy (non-hydrogen) atoms. The fourth-order valence-corrected chi connectivity index (χ4v) is 8.61. The topological polar surface area (TPSA) is 29.5 Å². The van der Waals surface area contributed by atoms with Crippen molar-refractivity contribution in [1.82, 2.24) is 0 Å². The van der Waals surface area contributed by atoms with Crippen LogP contribution in [0.3, 0.4) is 0 Å². The molecule has 0 aliphatic heterocycles. The number of hydrogen-bond acceptors (Lipinski definition) is 3. The van der Waals surface area contributed by atoms with E-state index in [0.717, 1.165) is 50.2 Å². The van der Waals surface area contributed by atoms with E-state index in [1.165, 1.54) is 49.7 Å². The van der Waals surface area contributed by atoms with Crippen molar-refractivity contribution < 1.29 is 8.83 Å². The lowest BCUT2D eigenvalue weighted by atomic mass is 9.81. The number of anilines is 3. The van der Waals surface area contributed by atoms with Gasteiger partial charge in [0.25, 0.3) is 0 Å². The molecule has 0 N–H and O–H groups in total. The Balaban J connectivity index is 1.17. The Kier molecular flexibility index (Phi) is 6.48. The Hall–Kier alpha value is -6.06. The molecule has 9 aromatic rings. The molecule has 0 fully saturated rings. The van der Waals surface area contributed by atoms with Gasteiger partial charge in [0.1, 0.15) is 22.3 Å². The zero-order valence-corrected chi connectivity index (χ0v) is 30.1. The van der Waals surface area contributed by atoms with Crippen molar-refractivity contribution in [2.45, 2.75) is 45.4 Å². The predicted molar refractivity (Wildman–Crippen MR) is 217 cm³/mol. The summed E-state index contributed by atoms with van der Waals surface area (Å²) < 4.78 is 13.0. The van der Waals surface area contributed by atoms with Gasteiger partial charge in [-0.2, -0.15) is 0 Å². The van der Waals surface area contributed by atoms with Crippen LogP contribution in [0.4, 0.5) is 17.1 Å². The Morgan fingerprint density at radius 2 is 1.12 bits per heavy atom. The Labute approximate surface area is 303 Å². The van der Waals surface area contributed by atoms with Crippen molar-refractivity contribution in [2.75, 3.05) is 4.90 Å². The molecular formula is C49H39NO2. The molecule has 3 heteroatoms. The SMILES string of the molecule is CC(C)(C)c1cccc2oc3cc4c(cc3c12)C(C)(C)c1cc(N(c2ccc(-c3ccccc3)cc2)c2cccc3oc5ccccc5c23)ccc1-4. The molecule has 10 rings (SSSR count). The van der Waals surface area contributed by atoms with Crippen LogP contribution in [0.1, 0.15) is 51.3 Å². The molecule has 252 valence electrons. The van der Waals surface area contributed by atoms with Crippen LogP contribution >= 0.6 is 0 Å². The van der Waals surface area contributed by atoms with E-state index in [4.69, 9.17) is 8.83 Å². The summed E-state index contributed by atoms with van der Waals surface area (Å²) in [5.74, 6) is 0. The van der Waals surface area contributed by atoms with Crippen molar-refractivity contribution >= 4 is 60.9 Å². The first-order valence-corrected chi connectivity index (χ1v) is 18.2. The van der Waals surface area contributed by atoms with Crippen molar-refractivity contribution in [2.24, 2.45) is 0 Å². The molecule has 0 amide bonds. The number of para-hydroxylation sites is 1. The molecule has 2 aromatic heterocycles. The standard InChI is InChI=1S/C49H39NO2/c1-48(2,3)38-16-11-19-43-46(38)37-28-40-36(29-45(37)52-43)34-26-25-33(27-39(34)49(40,4)5)50(32-23-21-31(22-24-32)30-13-7-6-8-14-30)41-17-12-20-44-47(41)35-15-9-10-18-42(35)51-44/h6-29H,1-5H3. The van der Waals surface area contributed by atoms with E-state index in [9.17, 15) is 0 Å². The minimum Gasteiger partial charge on any atom is -0.456 e. The zero-order valence-electron chi connectivity index (χ0n) is 30.1. The third-order valence-corrected chi connectivity index (χ3v) is 11.2. The molecule has 0 atom stereocenters. The summed E-state index contributed by atoms with van der Waals surface area (Å²) in [6.45, 7) is 11.6. The molecule has 0 saturated carbocycles. The van der Waals surface area contributed by atoms with E-state index in [-0.39, 0.29) is 10.8 Å². The molecule has 3 nitrogen and oxygen atoms in total. The molecule has 2 heterocycles. The summed E-state index contributed by atoms with van der Waals surface area (Å²) in [7, 11) is 0. The molecule has 0 saturated heterocycles. The molecule has 0 unspecified atom stereocenters. The van der Waals surface area contributed by atoms with Gasteiger partial charge < -0.3 is 13.7 Å². The van der Waals surface area contributed by atoms with Crippen molar-refractivity contribution in [3.8, 4) is 22.3 Å². The first-order valence-electron chi connectivity index (χ1n) is 18.2. The van der Waals surface area contributed by atoms with Gasteiger partial charge in [-0.25, -0.2) is 0 Å². The van der Waals surface area contributed by atoms with Gasteiger partial charge in [0.15, 0.2) is 0 Å². The summed E-state index contributed by atoms with van der Waals surface area (Å²) >= 11 is 0. The molecule has 1 aliphatic rings. The van der Waals surface area contributed by atoms with E-state index in [0.29, 0.717) is 0 Å². The van der Waals surface area contributed by atoms with Crippen molar-refractivity contribution in [3.05, 3.63) is 162 Å². The second-order valence-corrected chi connectivity index (χ2v) is 15.8. The summed E-state index contributed by atoms with van der Waals surface area (Å²) in [5, 5.41) is 4.64. The zero-order chi connectivity index (χ0) is 35.4. The van der Waals surface area contributed by atoms with Crippen LogP contribution in [0.15, 0.2) is 154 Å². The quantitative estimate of drug-likeness (QED) is 0.186. The minimum absolute atomic E-state index is 0.00532. The van der Waals surface area contributed by atoms with E-state index >= 15 is 0 Å². The Morgan fingerprint density at radius 1 is 0.481 bits per heavy atom. The van der Waals surface area contributed by atoms with Gasteiger partial charge in [-0.05, 0) is 105 Å². The predicted octanol–water partition coefficient (Wildman–Crippen LogP) is 14.2. The highest BCUT2D eigenvalue weighted by atomic mass is 16.3. The number of hydrogen-bond donors (Lipinski definition) is 0. The van der Waals surface area contributed by atoms with Crippen LogP contribution in [-0.2, 0) is 10.8 Å². The second kappa shape index (κ2) is 11.0. The average molecular weight is 674 g/mol. The highest BCUT2D eigenvalue weighted by molar-refractivity contribution is 6.14. The van der Waals surface area contributed by atoms with Crippen LogP contribution < -0.4 is 4.90 Å². The number of furan rings is 2. The second-order valence-electron chi connectivity index (χ2n) is 15.8. The molecule has 0 radical (unpaired) electrons. The number of fused-ring (bicyclic) bond motifs is 9. The molecule has 0 bridgehead atoms. The van der Waals surface area contributed by atoms with Crippen LogP contribution in [-0.4, -0.2) is 0 Å². The first kappa shape index (κ1) is 30.7. The number of rotatable bonds is 4. The monoisotopic (exact) mass is 673 g/mol. The van der Waals surface area contributed by atoms with Crippen LogP contribution in [0.25, 0.3) is 66.1 Å². The number of benzene rings is 7. The van der Waals surface area contributed by atoms with Gasteiger partial charge in [-0.3, -0.25) is 0 Å². The fourth-order valence-electron chi connectivity index (χ4n) is 8.61. The Morgan fingerprint density at radius 3 is 1.90 bits per heavy atom. The molecule has 0 spiro atoms. The van der Waals surface area contributed by atoms with E-state index < -0.39 is 0 Å². The summed E-state index contributed by atoms with van der Waals surface area (Å²) in [4.78, 5) is 2.40. The van der Waals surface area contributed by atoms with Gasteiger partial charge in [0, 0.05) is 32.9 Å². The van der Waals surface area contributed by atoms with E-state index in [1.807, 2.05) is 6.07 Å². The van der Waals surface area contributed by atoms with Crippen molar-refractivity contribution in [3.63, 3.8) is 0 Å². The van der Waals surface area contributed by atoms with Crippen LogP contribution in [0.5, 0.6) is 0 Å². The fraction of sp³-hybridized carbons (Fsp3) is 0.143. The molecular weight excluding hydrogens is 635 g/mol. The lowest BCUT2D eigenvalue weighted by Gasteiger charge is -2.29. The maximum absolute atomic E-state index is 6.57. The smallest absolute Gasteiger partial charge is 0.137 e. The maximum atomic E-state index is 6.57. The lowest BCUT2D eigenvalue weighted by Crippen LogP contribution is -2.16. The average Bonchev–Trinajstić information content (AvgIpc) is 3.79. The van der Waals surface area contributed by atoms with Gasteiger partial charge in [-0.1, -0.05) is 120 Å². The summed E-state index contributed by atoms with van der Waals surface area (Å²) in [6.07, 6.45) is 0. The minimum atomic E-state index is -0.230. The normalized spacial score (nSPS) is 13.6. The lowest BCUT2D eigenvalue weighted by molar-refractivity contribution is 0.594. The van der Waals surface area contributed by atoms with Crippen LogP contribution in [0, 0.1) is 0 Å². The molecule has 7 aromatic carbocycles. The number of nitrogens with zero attached hydrogens (tertiary/aromatic N) is 1. The van der Waals surface area contributed by atoms with E-state index in [2.05, 4.69) is 179 Å². The van der Waals surface area contributed by atoms with Gasteiger partial charge in [-0.15, -0.1) is 0 Å². The van der Waals surface area contributed by atoms with Gasteiger partial charge >= 0.3 is 0 Å². The van der Waals surface area contributed by atoms with Gasteiger partial charge in [0.2, 0.25) is 0 Å². The van der Waals surface area contributed by atoms with Crippen LogP contribution in [0.2, 0.25) is 0 Å². The first-order chi connectivity index (χ1) is 25.2. The van der Waals surface area contributed by atoms with Crippen molar-refractivity contribution in [1.29, 1.82) is 0 Å². The highest BCUT2D eigenvalue weighted by Crippen LogP contribution is 2.53. The Bertz CT molecular complexity index is 2850. The third-order valence-electron chi connectivity index (χ3n) is 11.2. The maximum Gasteiger partial charge on any atom is 0.137 e. The highest BCUT2D eigenvalue weighted by Gasteiger charge is 2.37. The van der Waals surface area contributed by atoms with Gasteiger partial charge in [0.05, 0.1) is 11.1 Å². The third kappa shape index (κ3) is 4.52.